The topological polar surface area (TPSA) is 50.3 Å². The van der Waals surface area contributed by atoms with Crippen LogP contribution in [0.15, 0.2) is 37.3 Å². The van der Waals surface area contributed by atoms with Gasteiger partial charge in [0.15, 0.2) is 5.78 Å². The second-order valence-electron chi connectivity index (χ2n) is 4.01. The Balaban J connectivity index is 2.20. The minimum Gasteiger partial charge on any atom is -0.319 e. The van der Waals surface area contributed by atoms with Gasteiger partial charge in [-0.05, 0) is 31.2 Å². The van der Waals surface area contributed by atoms with Crippen LogP contribution in [0.2, 0.25) is 0 Å². The number of hydrogen-bond acceptors (Lipinski definition) is 3. The quantitative estimate of drug-likeness (QED) is 0.586. The van der Waals surface area contributed by atoms with Crippen LogP contribution in [0.4, 0.5) is 0 Å². The molecule has 0 spiro atoms. The van der Waals surface area contributed by atoms with Crippen molar-refractivity contribution in [1.29, 1.82) is 0 Å². The van der Waals surface area contributed by atoms with Crippen molar-refractivity contribution in [2.45, 2.75) is 12.8 Å². The average Bonchev–Trinajstić information content (AvgIpc) is 2.39. The first-order valence-corrected chi connectivity index (χ1v) is 5.61. The van der Waals surface area contributed by atoms with E-state index in [9.17, 15) is 9.59 Å². The fourth-order valence-corrected chi connectivity index (χ4v) is 2.03. The fraction of sp³-hybridized carbons (Fsp3) is 0.308. The summed E-state index contributed by atoms with van der Waals surface area (Å²) in [6.07, 6.45) is 6.04. The third kappa shape index (κ3) is 2.25. The number of amides is 1. The van der Waals surface area contributed by atoms with E-state index < -0.39 is 5.92 Å². The Kier molecular flexibility index (Phi) is 3.32. The van der Waals surface area contributed by atoms with E-state index in [1.54, 1.807) is 18.3 Å². The van der Waals surface area contributed by atoms with Gasteiger partial charge in [-0.2, -0.15) is 0 Å². The van der Waals surface area contributed by atoms with Crippen molar-refractivity contribution in [3.05, 3.63) is 42.9 Å². The largest absolute Gasteiger partial charge is 0.319 e. The number of ketones is 1. The molecule has 1 aromatic rings. The van der Waals surface area contributed by atoms with Gasteiger partial charge in [0.2, 0.25) is 5.91 Å². The van der Waals surface area contributed by atoms with Gasteiger partial charge in [0.25, 0.3) is 0 Å². The van der Waals surface area contributed by atoms with Crippen molar-refractivity contribution in [2.75, 3.05) is 6.54 Å². The smallest absolute Gasteiger partial charge is 0.237 e. The molecule has 0 radical (unpaired) electrons. The predicted molar refractivity (Wildman–Crippen MR) is 63.2 cm³/mol. The van der Waals surface area contributed by atoms with Crippen molar-refractivity contribution in [3.8, 4) is 0 Å². The molecule has 1 amide bonds. The lowest BCUT2D eigenvalue weighted by molar-refractivity contribution is -0.133. The maximum Gasteiger partial charge on any atom is 0.237 e. The Bertz CT molecular complexity index is 442. The highest BCUT2D eigenvalue weighted by molar-refractivity contribution is 6.10. The van der Waals surface area contributed by atoms with Gasteiger partial charge in [-0.3, -0.25) is 14.6 Å². The Morgan fingerprint density at radius 3 is 3.06 bits per heavy atom. The number of carbonyl (C=O) groups is 2. The Morgan fingerprint density at radius 1 is 1.59 bits per heavy atom. The summed E-state index contributed by atoms with van der Waals surface area (Å²) in [7, 11) is 0. The summed E-state index contributed by atoms with van der Waals surface area (Å²) in [5.74, 6) is -0.874. The van der Waals surface area contributed by atoms with Gasteiger partial charge in [-0.15, -0.1) is 0 Å². The third-order valence-corrected chi connectivity index (χ3v) is 2.96. The maximum absolute atomic E-state index is 12.1. The first kappa shape index (κ1) is 11.5. The van der Waals surface area contributed by atoms with Crippen molar-refractivity contribution in [2.24, 2.45) is 5.92 Å². The SMILES string of the molecule is C=CN1CCCC(C(=O)c2cccnc2)C1=O. The van der Waals surface area contributed by atoms with E-state index in [0.717, 1.165) is 6.42 Å². The standard InChI is InChI=1S/C13H14N2O2/c1-2-15-8-4-6-11(13(15)17)12(16)10-5-3-7-14-9-10/h2-3,5,7,9,11H,1,4,6,8H2. The lowest BCUT2D eigenvalue weighted by Gasteiger charge is -2.28. The zero-order valence-corrected chi connectivity index (χ0v) is 9.50. The van der Waals surface area contributed by atoms with Gasteiger partial charge in [0.1, 0.15) is 5.92 Å². The van der Waals surface area contributed by atoms with E-state index in [2.05, 4.69) is 11.6 Å². The van der Waals surface area contributed by atoms with Crippen LogP contribution >= 0.6 is 0 Å². The first-order chi connectivity index (χ1) is 8.24. The van der Waals surface area contributed by atoms with Crippen LogP contribution in [0, 0.1) is 5.92 Å². The molecule has 88 valence electrons. The van der Waals surface area contributed by atoms with Gasteiger partial charge in [0, 0.05) is 24.5 Å². The van der Waals surface area contributed by atoms with Crippen molar-refractivity contribution in [1.82, 2.24) is 9.88 Å². The van der Waals surface area contributed by atoms with Crippen LogP contribution in [0.1, 0.15) is 23.2 Å². The number of rotatable bonds is 3. The molecule has 1 aliphatic heterocycles. The van der Waals surface area contributed by atoms with E-state index in [4.69, 9.17) is 0 Å². The van der Waals surface area contributed by atoms with Crippen LogP contribution in [-0.4, -0.2) is 28.1 Å². The Morgan fingerprint density at radius 2 is 2.41 bits per heavy atom. The van der Waals surface area contributed by atoms with E-state index in [0.29, 0.717) is 18.5 Å². The highest BCUT2D eigenvalue weighted by Gasteiger charge is 2.33. The molecule has 2 rings (SSSR count). The molecule has 0 aromatic carbocycles. The molecular weight excluding hydrogens is 216 g/mol. The first-order valence-electron chi connectivity index (χ1n) is 5.61. The molecule has 0 N–H and O–H groups in total. The van der Waals surface area contributed by atoms with Gasteiger partial charge in [0.05, 0.1) is 0 Å². The zero-order valence-electron chi connectivity index (χ0n) is 9.50. The molecule has 1 fully saturated rings. The highest BCUT2D eigenvalue weighted by atomic mass is 16.2. The number of Topliss-reactive ketones (excluding diaryl/α,β-unsaturated/α-hetero) is 1. The molecule has 1 aromatic heterocycles. The molecular formula is C13H14N2O2. The highest BCUT2D eigenvalue weighted by Crippen LogP contribution is 2.22. The molecule has 0 saturated carbocycles. The van der Waals surface area contributed by atoms with Crippen molar-refractivity contribution < 1.29 is 9.59 Å². The molecule has 0 bridgehead atoms. The summed E-state index contributed by atoms with van der Waals surface area (Å²) >= 11 is 0. The third-order valence-electron chi connectivity index (χ3n) is 2.96. The number of pyridine rings is 1. The lowest BCUT2D eigenvalue weighted by Crippen LogP contribution is -2.41. The summed E-state index contributed by atoms with van der Waals surface area (Å²) in [5.41, 5.74) is 0.497. The second kappa shape index (κ2) is 4.91. The monoisotopic (exact) mass is 230 g/mol. The van der Waals surface area contributed by atoms with Crippen LogP contribution in [0.25, 0.3) is 0 Å². The number of likely N-dealkylation sites (tertiary alicyclic amines) is 1. The number of nitrogens with zero attached hydrogens (tertiary/aromatic N) is 2. The molecule has 1 unspecified atom stereocenters. The molecule has 0 aliphatic carbocycles. The van der Waals surface area contributed by atoms with Crippen LogP contribution in [0.3, 0.4) is 0 Å². The number of aromatic nitrogens is 1. The Labute approximate surface area is 100.0 Å². The van der Waals surface area contributed by atoms with Crippen molar-refractivity contribution >= 4 is 11.7 Å². The summed E-state index contributed by atoms with van der Waals surface area (Å²) in [6, 6.07) is 3.39. The molecule has 4 nitrogen and oxygen atoms in total. The van der Waals surface area contributed by atoms with E-state index in [1.807, 2.05) is 0 Å². The zero-order chi connectivity index (χ0) is 12.3. The molecule has 4 heteroatoms. The maximum atomic E-state index is 12.1. The summed E-state index contributed by atoms with van der Waals surface area (Å²) in [5, 5.41) is 0. The summed E-state index contributed by atoms with van der Waals surface area (Å²) in [6.45, 7) is 4.23. The lowest BCUT2D eigenvalue weighted by atomic mass is 9.90. The molecule has 1 atom stereocenters. The van der Waals surface area contributed by atoms with Gasteiger partial charge in [-0.25, -0.2) is 0 Å². The minimum absolute atomic E-state index is 0.144. The van der Waals surface area contributed by atoms with Crippen LogP contribution in [-0.2, 0) is 4.79 Å². The fourth-order valence-electron chi connectivity index (χ4n) is 2.03. The van der Waals surface area contributed by atoms with Crippen LogP contribution < -0.4 is 0 Å². The molecule has 1 saturated heterocycles. The molecule has 2 heterocycles. The minimum atomic E-state index is -0.578. The van der Waals surface area contributed by atoms with Gasteiger partial charge >= 0.3 is 0 Å². The second-order valence-corrected chi connectivity index (χ2v) is 4.01. The number of hydrogen-bond donors (Lipinski definition) is 0. The van der Waals surface area contributed by atoms with E-state index >= 15 is 0 Å². The van der Waals surface area contributed by atoms with Crippen LogP contribution in [0.5, 0.6) is 0 Å². The average molecular weight is 230 g/mol. The normalized spacial score (nSPS) is 20.1. The predicted octanol–water partition coefficient (Wildman–Crippen LogP) is 1.65. The van der Waals surface area contributed by atoms with Gasteiger partial charge < -0.3 is 4.90 Å². The van der Waals surface area contributed by atoms with Gasteiger partial charge in [-0.1, -0.05) is 6.58 Å². The molecule has 17 heavy (non-hydrogen) atoms. The van der Waals surface area contributed by atoms with E-state index in [-0.39, 0.29) is 11.7 Å². The number of piperidine rings is 1. The van der Waals surface area contributed by atoms with Crippen molar-refractivity contribution in [3.63, 3.8) is 0 Å². The Hall–Kier alpha value is -1.97. The molecule has 1 aliphatic rings. The number of carbonyl (C=O) groups excluding carboxylic acids is 2. The summed E-state index contributed by atoms with van der Waals surface area (Å²) < 4.78 is 0. The summed E-state index contributed by atoms with van der Waals surface area (Å²) in [4.78, 5) is 29.5. The van der Waals surface area contributed by atoms with E-state index in [1.165, 1.54) is 17.3 Å².